The van der Waals surface area contributed by atoms with Gasteiger partial charge in [-0.05, 0) is 23.3 Å². The van der Waals surface area contributed by atoms with E-state index >= 15 is 0 Å². The summed E-state index contributed by atoms with van der Waals surface area (Å²) in [6.45, 7) is 2.54. The van der Waals surface area contributed by atoms with Crippen LogP contribution >= 0.6 is 0 Å². The summed E-state index contributed by atoms with van der Waals surface area (Å²) in [5.74, 6) is 0.753. The second-order valence-corrected chi connectivity index (χ2v) is 7.32. The quantitative estimate of drug-likeness (QED) is 0.487. The van der Waals surface area contributed by atoms with Gasteiger partial charge in [-0.3, -0.25) is 4.90 Å². The Morgan fingerprint density at radius 1 is 0.857 bits per heavy atom. The van der Waals surface area contributed by atoms with E-state index < -0.39 is 0 Å². The maximum Gasteiger partial charge on any atom is 0.219 e. The number of nitrogens with zero attached hydrogens (tertiary/aromatic N) is 2. The zero-order chi connectivity index (χ0) is 18.8. The Morgan fingerprint density at radius 3 is 2.39 bits per heavy atom. The van der Waals surface area contributed by atoms with Gasteiger partial charge in [-0.25, -0.2) is 4.98 Å². The van der Waals surface area contributed by atoms with E-state index in [9.17, 15) is 0 Å². The van der Waals surface area contributed by atoms with Gasteiger partial charge in [0.2, 0.25) is 5.88 Å². The number of hydrogen-bond donors (Lipinski definition) is 0. The van der Waals surface area contributed by atoms with Crippen molar-refractivity contribution in [1.82, 2.24) is 9.88 Å². The standard InChI is InChI=1S/C25H22N2O/c1-3-9-19(10-4-1)16-27-17-22-15-21-13-7-8-14-23(21)26-25(22)28-24(18-27)20-11-5-2-6-12-20/h1-15,24H,16-18H2/t24-/m0/s1. The van der Waals surface area contributed by atoms with Crippen LogP contribution in [-0.2, 0) is 13.1 Å². The zero-order valence-electron chi connectivity index (χ0n) is 15.7. The third-order valence-corrected chi connectivity index (χ3v) is 5.26. The second-order valence-electron chi connectivity index (χ2n) is 7.32. The largest absolute Gasteiger partial charge is 0.468 e. The van der Waals surface area contributed by atoms with Crippen LogP contribution in [0.2, 0.25) is 0 Å². The average Bonchev–Trinajstić information content (AvgIpc) is 2.92. The van der Waals surface area contributed by atoms with Crippen molar-refractivity contribution in [3.05, 3.63) is 108 Å². The van der Waals surface area contributed by atoms with Crippen LogP contribution in [-0.4, -0.2) is 16.4 Å². The molecule has 3 heteroatoms. The molecule has 3 aromatic carbocycles. The van der Waals surface area contributed by atoms with E-state index in [1.54, 1.807) is 0 Å². The second kappa shape index (κ2) is 7.45. The smallest absolute Gasteiger partial charge is 0.219 e. The van der Waals surface area contributed by atoms with Gasteiger partial charge in [0.05, 0.1) is 5.52 Å². The Balaban J connectivity index is 1.55. The predicted molar refractivity (Wildman–Crippen MR) is 112 cm³/mol. The molecule has 28 heavy (non-hydrogen) atoms. The van der Waals surface area contributed by atoms with Gasteiger partial charge in [-0.2, -0.15) is 0 Å². The van der Waals surface area contributed by atoms with Crippen LogP contribution in [0, 0.1) is 0 Å². The number of benzene rings is 3. The van der Waals surface area contributed by atoms with Gasteiger partial charge in [-0.1, -0.05) is 78.9 Å². The Hall–Kier alpha value is -3.17. The lowest BCUT2D eigenvalue weighted by Gasteiger charge is -2.24. The maximum absolute atomic E-state index is 6.47. The molecule has 1 aromatic heterocycles. The van der Waals surface area contributed by atoms with Crippen molar-refractivity contribution in [2.24, 2.45) is 0 Å². The van der Waals surface area contributed by atoms with Crippen molar-refractivity contribution in [3.8, 4) is 5.88 Å². The monoisotopic (exact) mass is 366 g/mol. The van der Waals surface area contributed by atoms with Crippen LogP contribution in [0.4, 0.5) is 0 Å². The van der Waals surface area contributed by atoms with Crippen LogP contribution in [0.1, 0.15) is 22.8 Å². The van der Waals surface area contributed by atoms with Gasteiger partial charge in [0.15, 0.2) is 0 Å². The van der Waals surface area contributed by atoms with Crippen molar-refractivity contribution in [2.75, 3.05) is 6.54 Å². The molecule has 5 rings (SSSR count). The average molecular weight is 366 g/mol. The molecule has 1 atom stereocenters. The fraction of sp³-hybridized carbons (Fsp3) is 0.160. The summed E-state index contributed by atoms with van der Waals surface area (Å²) in [5.41, 5.74) is 4.62. The highest BCUT2D eigenvalue weighted by atomic mass is 16.5. The molecule has 4 aromatic rings. The first-order valence-corrected chi connectivity index (χ1v) is 9.72. The predicted octanol–water partition coefficient (Wildman–Crippen LogP) is 5.37. The molecule has 0 spiro atoms. The molecular weight excluding hydrogens is 344 g/mol. The van der Waals surface area contributed by atoms with Crippen molar-refractivity contribution < 1.29 is 4.74 Å². The molecule has 0 amide bonds. The van der Waals surface area contributed by atoms with Crippen LogP contribution in [0.3, 0.4) is 0 Å². The Labute approximate surface area is 165 Å². The molecule has 138 valence electrons. The summed E-state index contributed by atoms with van der Waals surface area (Å²) in [6, 6.07) is 31.5. The van der Waals surface area contributed by atoms with E-state index in [-0.39, 0.29) is 6.10 Å². The number of pyridine rings is 1. The molecule has 0 aliphatic carbocycles. The summed E-state index contributed by atoms with van der Waals surface area (Å²) in [6.07, 6.45) is -0.0418. The van der Waals surface area contributed by atoms with Gasteiger partial charge in [0.1, 0.15) is 6.10 Å². The normalized spacial score (nSPS) is 16.9. The molecule has 0 N–H and O–H groups in total. The topological polar surface area (TPSA) is 25.4 Å². The minimum absolute atomic E-state index is 0.0418. The molecule has 2 heterocycles. The van der Waals surface area contributed by atoms with Gasteiger partial charge in [-0.15, -0.1) is 0 Å². The van der Waals surface area contributed by atoms with Crippen molar-refractivity contribution >= 4 is 10.9 Å². The van der Waals surface area contributed by atoms with Gasteiger partial charge >= 0.3 is 0 Å². The summed E-state index contributed by atoms with van der Waals surface area (Å²) in [4.78, 5) is 7.30. The molecule has 0 fully saturated rings. The molecule has 1 aliphatic rings. The van der Waals surface area contributed by atoms with Crippen LogP contribution in [0.25, 0.3) is 10.9 Å². The Morgan fingerprint density at radius 2 is 1.57 bits per heavy atom. The Bertz CT molecular complexity index is 1080. The first-order valence-electron chi connectivity index (χ1n) is 9.72. The van der Waals surface area contributed by atoms with Crippen molar-refractivity contribution in [3.63, 3.8) is 0 Å². The zero-order valence-corrected chi connectivity index (χ0v) is 15.7. The highest BCUT2D eigenvalue weighted by Gasteiger charge is 2.25. The van der Waals surface area contributed by atoms with Crippen LogP contribution < -0.4 is 4.74 Å². The molecule has 0 saturated carbocycles. The summed E-state index contributed by atoms with van der Waals surface area (Å²) in [5, 5.41) is 1.16. The summed E-state index contributed by atoms with van der Waals surface area (Å²) in [7, 11) is 0. The molecule has 0 saturated heterocycles. The summed E-state index contributed by atoms with van der Waals surface area (Å²) >= 11 is 0. The van der Waals surface area contributed by atoms with Crippen LogP contribution in [0.15, 0.2) is 91.0 Å². The Kier molecular flexibility index (Phi) is 4.51. The lowest BCUT2D eigenvalue weighted by molar-refractivity contribution is 0.140. The summed E-state index contributed by atoms with van der Waals surface area (Å²) < 4.78 is 6.47. The maximum atomic E-state index is 6.47. The first-order chi connectivity index (χ1) is 13.8. The first kappa shape index (κ1) is 17.0. The number of para-hydroxylation sites is 1. The third-order valence-electron chi connectivity index (χ3n) is 5.26. The van der Waals surface area contributed by atoms with Gasteiger partial charge < -0.3 is 4.74 Å². The van der Waals surface area contributed by atoms with Gasteiger partial charge in [0, 0.05) is 30.6 Å². The van der Waals surface area contributed by atoms with E-state index in [0.717, 1.165) is 42.0 Å². The van der Waals surface area contributed by atoms with Crippen molar-refractivity contribution in [1.29, 1.82) is 0 Å². The van der Waals surface area contributed by atoms with Crippen molar-refractivity contribution in [2.45, 2.75) is 19.2 Å². The molecule has 0 unspecified atom stereocenters. The molecule has 0 bridgehead atoms. The van der Waals surface area contributed by atoms with E-state index in [2.05, 4.69) is 77.7 Å². The number of hydrogen-bond acceptors (Lipinski definition) is 3. The fourth-order valence-electron chi connectivity index (χ4n) is 3.87. The van der Waals surface area contributed by atoms with Gasteiger partial charge in [0.25, 0.3) is 0 Å². The SMILES string of the molecule is c1ccc(CN2Cc3cc4ccccc4nc3O[C@H](c3ccccc3)C2)cc1. The number of ether oxygens (including phenoxy) is 1. The van der Waals surface area contributed by atoms with E-state index in [1.165, 1.54) is 11.1 Å². The van der Waals surface area contributed by atoms with E-state index in [4.69, 9.17) is 9.72 Å². The highest BCUT2D eigenvalue weighted by molar-refractivity contribution is 5.80. The number of rotatable bonds is 3. The van der Waals surface area contributed by atoms with Crippen LogP contribution in [0.5, 0.6) is 5.88 Å². The molecule has 1 aliphatic heterocycles. The lowest BCUT2D eigenvalue weighted by Crippen LogP contribution is -2.27. The van der Waals surface area contributed by atoms with E-state index in [1.807, 2.05) is 18.2 Å². The van der Waals surface area contributed by atoms with E-state index in [0.29, 0.717) is 0 Å². The minimum Gasteiger partial charge on any atom is -0.468 e. The highest BCUT2D eigenvalue weighted by Crippen LogP contribution is 2.32. The molecule has 3 nitrogen and oxygen atoms in total. The number of fused-ring (bicyclic) bond motifs is 2. The third kappa shape index (κ3) is 3.49. The minimum atomic E-state index is -0.0418. The lowest BCUT2D eigenvalue weighted by atomic mass is 10.1. The molecular formula is C25H22N2O. The molecule has 0 radical (unpaired) electrons. The number of aromatic nitrogens is 1. The fourth-order valence-corrected chi connectivity index (χ4v) is 3.87.